The zero-order valence-electron chi connectivity index (χ0n) is 14.1. The first-order chi connectivity index (χ1) is 11.9. The lowest BCUT2D eigenvalue weighted by atomic mass is 9.99. The number of rotatable bonds is 2. The molecular formula is C18H20Cl2N3OS+. The molecule has 0 fully saturated rings. The van der Waals surface area contributed by atoms with Crippen LogP contribution in [0.3, 0.4) is 0 Å². The highest BCUT2D eigenvalue weighted by atomic mass is 35.5. The molecule has 3 N–H and O–H groups in total. The van der Waals surface area contributed by atoms with Gasteiger partial charge in [0.25, 0.3) is 5.91 Å². The van der Waals surface area contributed by atoms with Gasteiger partial charge in [0.1, 0.15) is 17.7 Å². The van der Waals surface area contributed by atoms with Crippen LogP contribution in [0.4, 0.5) is 5.00 Å². The lowest BCUT2D eigenvalue weighted by Crippen LogP contribution is -3.14. The van der Waals surface area contributed by atoms with Crippen molar-refractivity contribution in [1.29, 1.82) is 0 Å². The van der Waals surface area contributed by atoms with Crippen LogP contribution in [-0.2, 0) is 13.0 Å². The van der Waals surface area contributed by atoms with E-state index >= 15 is 0 Å². The summed E-state index contributed by atoms with van der Waals surface area (Å²) in [6, 6.07) is 5.93. The quantitative estimate of drug-likeness (QED) is 0.729. The van der Waals surface area contributed by atoms with Gasteiger partial charge in [0.15, 0.2) is 0 Å². The van der Waals surface area contributed by atoms with Crippen LogP contribution in [0.5, 0.6) is 0 Å². The smallest absolute Gasteiger partial charge is 0.256 e. The Bertz CT molecular complexity index is 849. The Morgan fingerprint density at radius 3 is 2.80 bits per heavy atom. The number of halogens is 2. The minimum atomic E-state index is -0.335. The number of hydrogen-bond donors (Lipinski definition) is 3. The van der Waals surface area contributed by atoms with Gasteiger partial charge in [-0.15, -0.1) is 11.3 Å². The maximum Gasteiger partial charge on any atom is 0.256 e. The monoisotopic (exact) mass is 396 g/mol. The van der Waals surface area contributed by atoms with E-state index in [1.165, 1.54) is 10.4 Å². The minimum absolute atomic E-state index is 0.0183. The van der Waals surface area contributed by atoms with E-state index < -0.39 is 0 Å². The Morgan fingerprint density at radius 2 is 2.08 bits per heavy atom. The lowest BCUT2D eigenvalue weighted by molar-refractivity contribution is -0.936. The molecular weight excluding hydrogens is 377 g/mol. The Hall–Kier alpha value is -1.27. The normalized spacial score (nSPS) is 22.2. The molecule has 0 radical (unpaired) electrons. The number of nitrogens with one attached hydrogen (secondary N) is 3. The molecule has 1 aromatic carbocycles. The van der Waals surface area contributed by atoms with E-state index in [1.54, 1.807) is 28.4 Å². The molecule has 2 aromatic rings. The topological polar surface area (TPSA) is 45.6 Å². The molecule has 0 aliphatic carbocycles. The first-order valence-corrected chi connectivity index (χ1v) is 10.0. The molecule has 2 atom stereocenters. The van der Waals surface area contributed by atoms with Crippen LogP contribution < -0.4 is 15.5 Å². The summed E-state index contributed by atoms with van der Waals surface area (Å²) in [5.41, 5.74) is 2.87. The molecule has 3 heterocycles. The second-order valence-corrected chi connectivity index (χ2v) is 8.86. The van der Waals surface area contributed by atoms with Crippen LogP contribution in [0.2, 0.25) is 10.0 Å². The van der Waals surface area contributed by atoms with E-state index in [-0.39, 0.29) is 12.1 Å². The van der Waals surface area contributed by atoms with Crippen LogP contribution in [0, 0.1) is 0 Å². The van der Waals surface area contributed by atoms with Gasteiger partial charge in [-0.3, -0.25) is 4.79 Å². The summed E-state index contributed by atoms with van der Waals surface area (Å²) in [5.74, 6) is -0.0183. The summed E-state index contributed by atoms with van der Waals surface area (Å²) >= 11 is 14.0. The van der Waals surface area contributed by atoms with Crippen LogP contribution in [0.1, 0.15) is 46.4 Å². The van der Waals surface area contributed by atoms with E-state index in [9.17, 15) is 4.79 Å². The SMILES string of the molecule is CC(C)[NH+]1CCc2c(sc3c2C(=O)N[C@H](c2ccc(Cl)cc2Cl)N3)C1. The molecule has 0 spiro atoms. The molecule has 2 aliphatic rings. The first-order valence-electron chi connectivity index (χ1n) is 8.45. The predicted octanol–water partition coefficient (Wildman–Crippen LogP) is 3.26. The summed E-state index contributed by atoms with van der Waals surface area (Å²) in [6.45, 7) is 6.56. The Labute approximate surface area is 161 Å². The molecule has 4 rings (SSSR count). The van der Waals surface area contributed by atoms with Crippen molar-refractivity contribution >= 4 is 45.4 Å². The highest BCUT2D eigenvalue weighted by molar-refractivity contribution is 7.16. The fourth-order valence-corrected chi connectivity index (χ4v) is 5.44. The molecule has 1 aromatic heterocycles. The maximum absolute atomic E-state index is 12.8. The van der Waals surface area contributed by atoms with E-state index in [1.807, 2.05) is 6.07 Å². The average Bonchev–Trinajstić information content (AvgIpc) is 2.92. The van der Waals surface area contributed by atoms with Crippen molar-refractivity contribution in [3.63, 3.8) is 0 Å². The highest BCUT2D eigenvalue weighted by Gasteiger charge is 2.35. The van der Waals surface area contributed by atoms with Crippen molar-refractivity contribution < 1.29 is 9.69 Å². The van der Waals surface area contributed by atoms with Gasteiger partial charge in [-0.25, -0.2) is 0 Å². The van der Waals surface area contributed by atoms with Crippen molar-refractivity contribution in [2.24, 2.45) is 0 Å². The Morgan fingerprint density at radius 1 is 1.28 bits per heavy atom. The van der Waals surface area contributed by atoms with Crippen LogP contribution >= 0.6 is 34.5 Å². The van der Waals surface area contributed by atoms with Crippen LogP contribution in [-0.4, -0.2) is 18.5 Å². The second kappa shape index (κ2) is 6.47. The Balaban J connectivity index is 1.67. The summed E-state index contributed by atoms with van der Waals surface area (Å²) in [7, 11) is 0. The molecule has 25 heavy (non-hydrogen) atoms. The first kappa shape index (κ1) is 17.2. The number of benzene rings is 1. The summed E-state index contributed by atoms with van der Waals surface area (Å²) in [5, 5.41) is 8.58. The molecule has 1 unspecified atom stereocenters. The number of thiophene rings is 1. The fraction of sp³-hybridized carbons (Fsp3) is 0.389. The Kier molecular flexibility index (Phi) is 4.44. The average molecular weight is 397 g/mol. The zero-order valence-corrected chi connectivity index (χ0v) is 16.4. The third-order valence-electron chi connectivity index (χ3n) is 5.04. The van der Waals surface area contributed by atoms with Crippen molar-refractivity contribution in [3.8, 4) is 0 Å². The number of anilines is 1. The second-order valence-electron chi connectivity index (χ2n) is 6.91. The van der Waals surface area contributed by atoms with Crippen molar-refractivity contribution in [3.05, 3.63) is 49.8 Å². The molecule has 132 valence electrons. The highest BCUT2D eigenvalue weighted by Crippen LogP contribution is 2.40. The van der Waals surface area contributed by atoms with Gasteiger partial charge >= 0.3 is 0 Å². The van der Waals surface area contributed by atoms with Gasteiger partial charge in [-0.1, -0.05) is 29.3 Å². The molecule has 4 nitrogen and oxygen atoms in total. The number of hydrogen-bond acceptors (Lipinski definition) is 3. The summed E-state index contributed by atoms with van der Waals surface area (Å²) < 4.78 is 0. The number of quaternary nitrogens is 1. The van der Waals surface area contributed by atoms with Crippen molar-refractivity contribution in [2.45, 2.75) is 39.0 Å². The van der Waals surface area contributed by atoms with Crippen LogP contribution in [0.15, 0.2) is 18.2 Å². The number of fused-ring (bicyclic) bond motifs is 3. The fourth-order valence-electron chi connectivity index (χ4n) is 3.60. The minimum Gasteiger partial charge on any atom is -0.353 e. The molecule has 0 saturated carbocycles. The molecule has 2 aliphatic heterocycles. The largest absolute Gasteiger partial charge is 0.353 e. The van der Waals surface area contributed by atoms with Crippen molar-refractivity contribution in [1.82, 2.24) is 5.32 Å². The standard InChI is InChI=1S/C18H19Cl2N3OS/c1-9(2)23-6-5-12-14(8-23)25-18-15(12)17(24)21-16(22-18)11-4-3-10(19)7-13(11)20/h3-4,7,9,16,22H,5-6,8H2,1-2H3,(H,21,24)/p+1/t16-/m0/s1. The van der Waals surface area contributed by atoms with E-state index in [2.05, 4.69) is 24.5 Å². The maximum atomic E-state index is 12.8. The van der Waals surface area contributed by atoms with Crippen molar-refractivity contribution in [2.75, 3.05) is 11.9 Å². The number of carbonyl (C=O) groups excluding carboxylic acids is 1. The molecule has 0 bridgehead atoms. The van der Waals surface area contributed by atoms with E-state index in [4.69, 9.17) is 23.2 Å². The van der Waals surface area contributed by atoms with E-state index in [0.29, 0.717) is 16.1 Å². The van der Waals surface area contributed by atoms with E-state index in [0.717, 1.165) is 35.6 Å². The summed E-state index contributed by atoms with van der Waals surface area (Å²) in [6.07, 6.45) is 0.620. The van der Waals surface area contributed by atoms with Gasteiger partial charge in [-0.2, -0.15) is 0 Å². The van der Waals surface area contributed by atoms with Gasteiger partial charge in [0.2, 0.25) is 0 Å². The zero-order chi connectivity index (χ0) is 17.7. The van der Waals surface area contributed by atoms with Gasteiger partial charge in [0, 0.05) is 22.0 Å². The number of carbonyl (C=O) groups is 1. The van der Waals surface area contributed by atoms with Gasteiger partial charge in [-0.05, 0) is 31.5 Å². The third-order valence-corrected chi connectivity index (χ3v) is 6.77. The van der Waals surface area contributed by atoms with Crippen LogP contribution in [0.25, 0.3) is 0 Å². The van der Waals surface area contributed by atoms with Gasteiger partial charge in [0.05, 0.1) is 23.0 Å². The molecule has 0 saturated heterocycles. The molecule has 7 heteroatoms. The third kappa shape index (κ3) is 3.04. The number of amides is 1. The van der Waals surface area contributed by atoms with Gasteiger partial charge < -0.3 is 15.5 Å². The predicted molar refractivity (Wildman–Crippen MR) is 103 cm³/mol. The summed E-state index contributed by atoms with van der Waals surface area (Å²) in [4.78, 5) is 15.7. The lowest BCUT2D eigenvalue weighted by Gasteiger charge is -2.29. The molecule has 1 amide bonds.